The van der Waals surface area contributed by atoms with Crippen LogP contribution < -0.4 is 5.32 Å². The van der Waals surface area contributed by atoms with E-state index in [9.17, 15) is 0 Å². The molecular formula is C18H37NO3S2. The van der Waals surface area contributed by atoms with E-state index < -0.39 is 5.79 Å². The monoisotopic (exact) mass is 379 g/mol. The molecule has 0 radical (unpaired) electrons. The maximum absolute atomic E-state index is 5.71. The third kappa shape index (κ3) is 12.8. The number of ether oxygens (including phenoxy) is 3. The van der Waals surface area contributed by atoms with E-state index in [0.29, 0.717) is 5.92 Å². The van der Waals surface area contributed by atoms with E-state index in [1.54, 1.807) is 0 Å². The summed E-state index contributed by atoms with van der Waals surface area (Å²) >= 11 is 0. The first-order valence-electron chi connectivity index (χ1n) is 9.39. The van der Waals surface area contributed by atoms with E-state index >= 15 is 0 Å². The van der Waals surface area contributed by atoms with E-state index in [4.69, 9.17) is 14.2 Å². The highest BCUT2D eigenvalue weighted by molar-refractivity contribution is 8.76. The van der Waals surface area contributed by atoms with Gasteiger partial charge in [0.05, 0.1) is 19.8 Å². The fourth-order valence-electron chi connectivity index (χ4n) is 2.50. The molecule has 0 aromatic carbocycles. The van der Waals surface area contributed by atoms with Gasteiger partial charge in [0.15, 0.2) is 5.79 Å². The van der Waals surface area contributed by atoms with Gasteiger partial charge in [-0.1, -0.05) is 34.4 Å². The Morgan fingerprint density at radius 2 is 1.67 bits per heavy atom. The largest absolute Gasteiger partial charge is 0.381 e. The molecule has 4 nitrogen and oxygen atoms in total. The number of hydrogen-bond acceptors (Lipinski definition) is 6. The van der Waals surface area contributed by atoms with Gasteiger partial charge in [0.1, 0.15) is 0 Å². The lowest BCUT2D eigenvalue weighted by molar-refractivity contribution is -0.262. The Kier molecular flexibility index (Phi) is 13.8. The van der Waals surface area contributed by atoms with Gasteiger partial charge in [0.25, 0.3) is 0 Å². The number of rotatable bonds is 15. The molecule has 1 rings (SSSR count). The summed E-state index contributed by atoms with van der Waals surface area (Å²) in [6, 6.07) is 0. The molecule has 1 heterocycles. The average molecular weight is 380 g/mol. The normalized spacial score (nSPS) is 18.1. The fourth-order valence-corrected chi connectivity index (χ4v) is 4.51. The highest BCUT2D eigenvalue weighted by atomic mass is 33.1. The summed E-state index contributed by atoms with van der Waals surface area (Å²) in [5.41, 5.74) is 0. The Balaban J connectivity index is 1.74. The van der Waals surface area contributed by atoms with Crippen molar-refractivity contribution in [2.75, 3.05) is 51.5 Å². The summed E-state index contributed by atoms with van der Waals surface area (Å²) in [6.45, 7) is 8.46. The van der Waals surface area contributed by atoms with Crippen LogP contribution in [0.4, 0.5) is 0 Å². The molecular weight excluding hydrogens is 342 g/mol. The van der Waals surface area contributed by atoms with Gasteiger partial charge in [0, 0.05) is 24.0 Å². The summed E-state index contributed by atoms with van der Waals surface area (Å²) in [5.74, 6) is 2.49. The lowest BCUT2D eigenvalue weighted by atomic mass is 10.0. The third-order valence-corrected chi connectivity index (χ3v) is 6.49. The Labute approximate surface area is 156 Å². The molecule has 1 N–H and O–H groups in total. The number of unbranched alkanes of at least 4 members (excludes halogenated alkanes) is 3. The van der Waals surface area contributed by atoms with Gasteiger partial charge in [-0.2, -0.15) is 0 Å². The molecule has 1 aliphatic heterocycles. The van der Waals surface area contributed by atoms with Crippen LogP contribution in [0.3, 0.4) is 0 Å². The summed E-state index contributed by atoms with van der Waals surface area (Å²) in [4.78, 5) is 0. The molecule has 0 saturated carbocycles. The summed E-state index contributed by atoms with van der Waals surface area (Å²) in [5, 5.41) is 3.19. The van der Waals surface area contributed by atoms with Gasteiger partial charge < -0.3 is 19.5 Å². The predicted molar refractivity (Wildman–Crippen MR) is 107 cm³/mol. The highest BCUT2D eigenvalue weighted by Crippen LogP contribution is 2.24. The number of hydrogen-bond donors (Lipinski definition) is 1. The van der Waals surface area contributed by atoms with Crippen molar-refractivity contribution in [2.45, 2.75) is 58.2 Å². The maximum atomic E-state index is 5.71. The molecule has 1 fully saturated rings. The Morgan fingerprint density at radius 3 is 2.42 bits per heavy atom. The summed E-state index contributed by atoms with van der Waals surface area (Å²) < 4.78 is 17.1. The minimum Gasteiger partial charge on any atom is -0.381 e. The van der Waals surface area contributed by atoms with Gasteiger partial charge in [-0.25, -0.2) is 0 Å². The molecule has 0 atom stereocenters. The molecule has 0 bridgehead atoms. The fraction of sp³-hybridized carbons (Fsp3) is 1.00. The van der Waals surface area contributed by atoms with Crippen LogP contribution in [0.15, 0.2) is 0 Å². The van der Waals surface area contributed by atoms with Crippen molar-refractivity contribution in [3.05, 3.63) is 0 Å². The first kappa shape index (κ1) is 22.6. The Hall–Kier alpha value is 0.540. The van der Waals surface area contributed by atoms with Crippen LogP contribution in [0.5, 0.6) is 0 Å². The molecule has 0 spiro atoms. The summed E-state index contributed by atoms with van der Waals surface area (Å²) in [7, 11) is 5.96. The lowest BCUT2D eigenvalue weighted by Crippen LogP contribution is -2.39. The second-order valence-corrected chi connectivity index (χ2v) is 9.51. The van der Waals surface area contributed by atoms with Gasteiger partial charge in [0.2, 0.25) is 0 Å². The van der Waals surface area contributed by atoms with Crippen LogP contribution in [-0.4, -0.2) is 57.3 Å². The van der Waals surface area contributed by atoms with E-state index in [2.05, 4.69) is 5.32 Å². The standard InChI is InChI=1S/C18H37NO3S2/c1-18(2)21-15-17(16-22-18)9-8-11-20-12-14-24-23-13-7-5-4-6-10-19-3/h17,19H,4-16H2,1-3H3. The summed E-state index contributed by atoms with van der Waals surface area (Å²) in [6.07, 6.45) is 7.58. The minimum atomic E-state index is -0.394. The van der Waals surface area contributed by atoms with Gasteiger partial charge in [-0.05, 0) is 53.1 Å². The SMILES string of the molecule is CNCCCCCCSSCCOCCCC1COC(C)(C)OC1. The van der Waals surface area contributed by atoms with Gasteiger partial charge in [-0.15, -0.1) is 0 Å². The Morgan fingerprint density at radius 1 is 0.958 bits per heavy atom. The predicted octanol–water partition coefficient (Wildman–Crippen LogP) is 4.34. The van der Waals surface area contributed by atoms with E-state index in [1.165, 1.54) is 31.4 Å². The maximum Gasteiger partial charge on any atom is 0.162 e. The molecule has 1 aliphatic rings. The molecule has 1 saturated heterocycles. The molecule has 6 heteroatoms. The topological polar surface area (TPSA) is 39.7 Å². The number of nitrogens with one attached hydrogen (secondary N) is 1. The minimum absolute atomic E-state index is 0.394. The highest BCUT2D eigenvalue weighted by Gasteiger charge is 2.27. The molecule has 144 valence electrons. The second-order valence-electron chi connectivity index (χ2n) is 6.80. The third-order valence-electron chi connectivity index (χ3n) is 4.03. The van der Waals surface area contributed by atoms with Crippen molar-refractivity contribution in [3.8, 4) is 0 Å². The lowest BCUT2D eigenvalue weighted by Gasteiger charge is -2.34. The van der Waals surface area contributed by atoms with Crippen molar-refractivity contribution < 1.29 is 14.2 Å². The second kappa shape index (κ2) is 14.7. The van der Waals surface area contributed by atoms with Crippen molar-refractivity contribution in [1.29, 1.82) is 0 Å². The van der Waals surface area contributed by atoms with Crippen molar-refractivity contribution in [1.82, 2.24) is 5.32 Å². The van der Waals surface area contributed by atoms with Crippen molar-refractivity contribution in [3.63, 3.8) is 0 Å². The van der Waals surface area contributed by atoms with E-state index in [1.807, 2.05) is 42.5 Å². The first-order valence-corrected chi connectivity index (χ1v) is 11.9. The first-order chi connectivity index (χ1) is 11.6. The average Bonchev–Trinajstić information content (AvgIpc) is 2.56. The molecule has 0 amide bonds. The molecule has 0 unspecified atom stereocenters. The smallest absolute Gasteiger partial charge is 0.162 e. The zero-order valence-electron chi connectivity index (χ0n) is 15.8. The Bertz CT molecular complexity index is 283. The molecule has 0 aromatic rings. The quantitative estimate of drug-likeness (QED) is 0.337. The molecule has 0 aromatic heterocycles. The van der Waals surface area contributed by atoms with E-state index in [-0.39, 0.29) is 0 Å². The van der Waals surface area contributed by atoms with Crippen LogP contribution in [-0.2, 0) is 14.2 Å². The van der Waals surface area contributed by atoms with Gasteiger partial charge >= 0.3 is 0 Å². The van der Waals surface area contributed by atoms with Crippen LogP contribution >= 0.6 is 21.6 Å². The van der Waals surface area contributed by atoms with Crippen LogP contribution in [0.1, 0.15) is 52.4 Å². The van der Waals surface area contributed by atoms with Crippen LogP contribution in [0, 0.1) is 5.92 Å². The zero-order valence-corrected chi connectivity index (χ0v) is 17.4. The zero-order chi connectivity index (χ0) is 17.5. The molecule has 0 aliphatic carbocycles. The van der Waals surface area contributed by atoms with E-state index in [0.717, 1.165) is 51.6 Å². The molecule has 24 heavy (non-hydrogen) atoms. The van der Waals surface area contributed by atoms with Crippen molar-refractivity contribution >= 4 is 21.6 Å². The van der Waals surface area contributed by atoms with Crippen LogP contribution in [0.2, 0.25) is 0 Å². The van der Waals surface area contributed by atoms with Gasteiger partial charge in [-0.3, -0.25) is 0 Å². The van der Waals surface area contributed by atoms with Crippen molar-refractivity contribution in [2.24, 2.45) is 5.92 Å². The van der Waals surface area contributed by atoms with Crippen LogP contribution in [0.25, 0.3) is 0 Å².